The minimum Gasteiger partial charge on any atom is -0.465 e. The first-order valence-corrected chi connectivity index (χ1v) is 11.7. The van der Waals surface area contributed by atoms with E-state index in [0.717, 1.165) is 51.9 Å². The molecular formula is C19H28N8O2S. The zero-order valence-corrected chi connectivity index (χ0v) is 18.2. The van der Waals surface area contributed by atoms with Gasteiger partial charge in [0.25, 0.3) is 5.95 Å². The van der Waals surface area contributed by atoms with Crippen LogP contribution in [0.15, 0.2) is 11.5 Å². The Hall–Kier alpha value is -2.43. The molecule has 2 aliphatic rings. The monoisotopic (exact) mass is 432 g/mol. The molecule has 162 valence electrons. The molecule has 2 fully saturated rings. The van der Waals surface area contributed by atoms with Gasteiger partial charge >= 0.3 is 5.97 Å². The van der Waals surface area contributed by atoms with Gasteiger partial charge in [-0.3, -0.25) is 4.79 Å². The Kier molecular flexibility index (Phi) is 6.98. The topological polar surface area (TPSA) is 102 Å². The summed E-state index contributed by atoms with van der Waals surface area (Å²) in [5.41, 5.74) is 0. The van der Waals surface area contributed by atoms with Crippen molar-refractivity contribution in [3.05, 3.63) is 6.33 Å². The number of hydrogen-bond donors (Lipinski definition) is 0. The van der Waals surface area contributed by atoms with Crippen LogP contribution in [0.4, 0.5) is 11.9 Å². The molecule has 2 aliphatic heterocycles. The fraction of sp³-hybridized carbons (Fsp3) is 0.684. The molecule has 0 amide bonds. The summed E-state index contributed by atoms with van der Waals surface area (Å²) in [6.45, 7) is 5.99. The van der Waals surface area contributed by atoms with E-state index < -0.39 is 0 Å². The van der Waals surface area contributed by atoms with Crippen LogP contribution in [0, 0.1) is 0 Å². The zero-order chi connectivity index (χ0) is 20.8. The van der Waals surface area contributed by atoms with E-state index in [9.17, 15) is 4.79 Å². The van der Waals surface area contributed by atoms with E-state index in [4.69, 9.17) is 19.7 Å². The molecule has 4 heterocycles. The van der Waals surface area contributed by atoms with E-state index >= 15 is 0 Å². The summed E-state index contributed by atoms with van der Waals surface area (Å²) in [7, 11) is 0. The summed E-state index contributed by atoms with van der Waals surface area (Å²) < 4.78 is 6.52. The molecule has 0 radical (unpaired) electrons. The maximum Gasteiger partial charge on any atom is 0.316 e. The van der Waals surface area contributed by atoms with Gasteiger partial charge in [0.2, 0.25) is 17.1 Å². The second-order valence-corrected chi connectivity index (χ2v) is 8.34. The summed E-state index contributed by atoms with van der Waals surface area (Å²) in [6.07, 6.45) is 8.68. The van der Waals surface area contributed by atoms with Gasteiger partial charge in [0.1, 0.15) is 6.33 Å². The second-order valence-electron chi connectivity index (χ2n) is 7.40. The number of carbonyl (C=O) groups is 1. The fourth-order valence-corrected chi connectivity index (χ4v) is 4.25. The summed E-state index contributed by atoms with van der Waals surface area (Å²) in [4.78, 5) is 34.5. The molecular weight excluding hydrogens is 404 g/mol. The molecule has 0 aromatic carbocycles. The fourth-order valence-electron chi connectivity index (χ4n) is 3.65. The molecule has 0 N–H and O–H groups in total. The molecule has 2 aromatic rings. The van der Waals surface area contributed by atoms with Gasteiger partial charge in [-0.2, -0.15) is 19.6 Å². The molecule has 10 nitrogen and oxygen atoms in total. The smallest absolute Gasteiger partial charge is 0.316 e. The Labute approximate surface area is 180 Å². The summed E-state index contributed by atoms with van der Waals surface area (Å²) >= 11 is 1.24. The average molecular weight is 433 g/mol. The molecule has 2 aromatic heterocycles. The first kappa shape index (κ1) is 20.8. The number of carbonyl (C=O) groups excluding carboxylic acids is 1. The molecule has 0 atom stereocenters. The van der Waals surface area contributed by atoms with Crippen LogP contribution < -0.4 is 9.80 Å². The van der Waals surface area contributed by atoms with Crippen LogP contribution >= 0.6 is 11.8 Å². The molecule has 0 spiro atoms. The minimum absolute atomic E-state index is 0.174. The third-order valence-corrected chi connectivity index (χ3v) is 6.00. The number of ether oxygens (including phenoxy) is 1. The van der Waals surface area contributed by atoms with Crippen molar-refractivity contribution >= 4 is 29.6 Å². The van der Waals surface area contributed by atoms with Gasteiger partial charge in [-0.1, -0.05) is 11.8 Å². The SMILES string of the molecule is CCOC(=O)CSc1ncn(-c2nc(N3CCCCC3)nc(N3CCCCC3)n2)n1. The molecule has 0 saturated carbocycles. The van der Waals surface area contributed by atoms with Gasteiger partial charge < -0.3 is 14.5 Å². The number of piperidine rings is 2. The van der Waals surface area contributed by atoms with Crippen molar-refractivity contribution in [3.63, 3.8) is 0 Å². The minimum atomic E-state index is -0.279. The van der Waals surface area contributed by atoms with Crippen molar-refractivity contribution in [3.8, 4) is 5.95 Å². The third-order valence-electron chi connectivity index (χ3n) is 5.18. The summed E-state index contributed by atoms with van der Waals surface area (Å²) in [6, 6.07) is 0. The lowest BCUT2D eigenvalue weighted by Gasteiger charge is -2.30. The number of nitrogens with zero attached hydrogens (tertiary/aromatic N) is 8. The zero-order valence-electron chi connectivity index (χ0n) is 17.4. The Morgan fingerprint density at radius 2 is 1.50 bits per heavy atom. The molecule has 4 rings (SSSR count). The van der Waals surface area contributed by atoms with Crippen LogP contribution in [-0.2, 0) is 9.53 Å². The number of anilines is 2. The van der Waals surface area contributed by atoms with E-state index in [1.54, 1.807) is 17.9 Å². The Morgan fingerprint density at radius 3 is 2.07 bits per heavy atom. The number of thioether (sulfide) groups is 1. The summed E-state index contributed by atoms with van der Waals surface area (Å²) in [5, 5.41) is 4.94. The molecule has 11 heteroatoms. The summed E-state index contributed by atoms with van der Waals surface area (Å²) in [5.74, 6) is 1.76. The first-order valence-electron chi connectivity index (χ1n) is 10.7. The normalized spacial score (nSPS) is 17.2. The predicted molar refractivity (Wildman–Crippen MR) is 114 cm³/mol. The van der Waals surface area contributed by atoms with Gasteiger partial charge in [-0.05, 0) is 45.4 Å². The lowest BCUT2D eigenvalue weighted by atomic mass is 10.1. The Balaban J connectivity index is 1.57. The largest absolute Gasteiger partial charge is 0.465 e. The number of esters is 1. The highest BCUT2D eigenvalue weighted by molar-refractivity contribution is 7.99. The standard InChI is InChI=1S/C19H28N8O2S/c1-2-29-15(28)13-30-19-20-14-27(24-19)18-22-16(25-9-5-3-6-10-25)21-17(23-18)26-11-7-4-8-12-26/h14H,2-13H2,1H3. The first-order chi connectivity index (χ1) is 14.7. The van der Waals surface area contributed by atoms with Gasteiger partial charge in [0.15, 0.2) is 0 Å². The van der Waals surface area contributed by atoms with Crippen molar-refractivity contribution in [1.82, 2.24) is 29.7 Å². The van der Waals surface area contributed by atoms with E-state index in [1.807, 2.05) is 0 Å². The number of hydrogen-bond acceptors (Lipinski definition) is 10. The van der Waals surface area contributed by atoms with Crippen LogP contribution in [0.25, 0.3) is 5.95 Å². The van der Waals surface area contributed by atoms with Crippen molar-refractivity contribution in [2.24, 2.45) is 0 Å². The highest BCUT2D eigenvalue weighted by atomic mass is 32.2. The number of rotatable bonds is 7. The van der Waals surface area contributed by atoms with Crippen LogP contribution in [0.2, 0.25) is 0 Å². The van der Waals surface area contributed by atoms with E-state index in [2.05, 4.69) is 19.9 Å². The maximum absolute atomic E-state index is 11.6. The molecule has 30 heavy (non-hydrogen) atoms. The van der Waals surface area contributed by atoms with Gasteiger partial charge in [-0.25, -0.2) is 4.98 Å². The number of aromatic nitrogens is 6. The van der Waals surface area contributed by atoms with Gasteiger partial charge in [-0.15, -0.1) is 5.10 Å². The second kappa shape index (κ2) is 10.1. The highest BCUT2D eigenvalue weighted by Gasteiger charge is 2.21. The van der Waals surface area contributed by atoms with E-state index in [-0.39, 0.29) is 11.7 Å². The van der Waals surface area contributed by atoms with Crippen molar-refractivity contribution in [2.75, 3.05) is 48.3 Å². The lowest BCUT2D eigenvalue weighted by molar-refractivity contribution is -0.139. The molecule has 0 aliphatic carbocycles. The lowest BCUT2D eigenvalue weighted by Crippen LogP contribution is -2.34. The maximum atomic E-state index is 11.6. The van der Waals surface area contributed by atoms with Gasteiger partial charge in [0, 0.05) is 26.2 Å². The van der Waals surface area contributed by atoms with Crippen molar-refractivity contribution < 1.29 is 9.53 Å². The van der Waals surface area contributed by atoms with E-state index in [1.165, 1.54) is 24.6 Å². The van der Waals surface area contributed by atoms with Crippen molar-refractivity contribution in [2.45, 2.75) is 50.6 Å². The quantitative estimate of drug-likeness (QED) is 0.477. The van der Waals surface area contributed by atoms with Crippen LogP contribution in [0.3, 0.4) is 0 Å². The van der Waals surface area contributed by atoms with Crippen LogP contribution in [0.1, 0.15) is 45.4 Å². The molecule has 0 unspecified atom stereocenters. The Bertz CT molecular complexity index is 813. The highest BCUT2D eigenvalue weighted by Crippen LogP contribution is 2.22. The average Bonchev–Trinajstić information content (AvgIpc) is 3.28. The third kappa shape index (κ3) is 5.18. The predicted octanol–water partition coefficient (Wildman–Crippen LogP) is 2.09. The van der Waals surface area contributed by atoms with Crippen LogP contribution in [-0.4, -0.2) is 74.2 Å². The van der Waals surface area contributed by atoms with E-state index in [0.29, 0.717) is 29.6 Å². The van der Waals surface area contributed by atoms with Gasteiger partial charge in [0.05, 0.1) is 12.4 Å². The molecule has 0 bridgehead atoms. The van der Waals surface area contributed by atoms with Crippen LogP contribution in [0.5, 0.6) is 0 Å². The Morgan fingerprint density at radius 1 is 0.933 bits per heavy atom. The van der Waals surface area contributed by atoms with Crippen molar-refractivity contribution in [1.29, 1.82) is 0 Å². The molecule has 2 saturated heterocycles.